The number of alkyl halides is 4. The SMILES string of the molecule is OC[C@@H](O)c1cnc(C2(F)CCN([C@H](O)Nc3ccc(C(F)(F)F)cc3)CC2)c(F)c1. The quantitative estimate of drug-likeness (QED) is 0.402. The van der Waals surface area contributed by atoms with E-state index in [1.54, 1.807) is 0 Å². The van der Waals surface area contributed by atoms with Crippen molar-refractivity contribution in [2.75, 3.05) is 25.0 Å². The second kappa shape index (κ2) is 9.03. The first kappa shape index (κ1) is 23.3. The fourth-order valence-corrected chi connectivity index (χ4v) is 3.43. The molecule has 0 saturated carbocycles. The van der Waals surface area contributed by atoms with Crippen LogP contribution in [-0.4, -0.2) is 51.3 Å². The summed E-state index contributed by atoms with van der Waals surface area (Å²) in [5.74, 6) is -0.940. The lowest BCUT2D eigenvalue weighted by Crippen LogP contribution is -2.48. The number of nitrogens with one attached hydrogen (secondary N) is 1. The summed E-state index contributed by atoms with van der Waals surface area (Å²) in [6, 6.07) is 5.04. The summed E-state index contributed by atoms with van der Waals surface area (Å²) in [7, 11) is 0. The number of hydrogen-bond donors (Lipinski definition) is 4. The van der Waals surface area contributed by atoms with Crippen LogP contribution in [0.5, 0.6) is 0 Å². The van der Waals surface area contributed by atoms with Crippen molar-refractivity contribution in [1.29, 1.82) is 0 Å². The molecule has 4 N–H and O–H groups in total. The van der Waals surface area contributed by atoms with Gasteiger partial charge in [-0.3, -0.25) is 9.88 Å². The molecule has 6 nitrogen and oxygen atoms in total. The lowest BCUT2D eigenvalue weighted by Gasteiger charge is -2.38. The minimum absolute atomic E-state index is 0.0287. The Hall–Kier alpha value is -2.34. The van der Waals surface area contributed by atoms with E-state index in [4.69, 9.17) is 5.11 Å². The molecule has 2 aromatic rings. The second-order valence-electron chi connectivity index (χ2n) is 7.39. The fraction of sp³-hybridized carbons (Fsp3) is 0.450. The van der Waals surface area contributed by atoms with Gasteiger partial charge in [-0.2, -0.15) is 13.2 Å². The molecule has 3 rings (SSSR count). The first-order valence-electron chi connectivity index (χ1n) is 9.53. The Morgan fingerprint density at radius 1 is 1.13 bits per heavy atom. The van der Waals surface area contributed by atoms with Crippen molar-refractivity contribution in [2.24, 2.45) is 0 Å². The van der Waals surface area contributed by atoms with E-state index in [0.29, 0.717) is 0 Å². The van der Waals surface area contributed by atoms with Gasteiger partial charge in [0.25, 0.3) is 0 Å². The van der Waals surface area contributed by atoms with Crippen molar-refractivity contribution < 1.29 is 37.3 Å². The van der Waals surface area contributed by atoms with Gasteiger partial charge in [0.15, 0.2) is 12.0 Å². The van der Waals surface area contributed by atoms with Gasteiger partial charge < -0.3 is 20.6 Å². The topological polar surface area (TPSA) is 88.9 Å². The number of aliphatic hydroxyl groups is 3. The Bertz CT molecular complexity index is 887. The third kappa shape index (κ3) is 5.29. The van der Waals surface area contributed by atoms with Crippen LogP contribution in [0.4, 0.5) is 27.6 Å². The molecule has 1 aliphatic rings. The van der Waals surface area contributed by atoms with E-state index in [9.17, 15) is 27.8 Å². The summed E-state index contributed by atoms with van der Waals surface area (Å²) in [6.07, 6.45) is -6.31. The maximum atomic E-state index is 15.4. The lowest BCUT2D eigenvalue weighted by molar-refractivity contribution is -0.137. The maximum absolute atomic E-state index is 15.4. The van der Waals surface area contributed by atoms with E-state index in [0.717, 1.165) is 24.4 Å². The minimum atomic E-state index is -4.47. The molecule has 0 unspecified atom stereocenters. The Kier molecular flexibility index (Phi) is 6.79. The van der Waals surface area contributed by atoms with Gasteiger partial charge in [-0.15, -0.1) is 0 Å². The highest BCUT2D eigenvalue weighted by molar-refractivity contribution is 5.45. The number of hydrogen-bond acceptors (Lipinski definition) is 6. The van der Waals surface area contributed by atoms with E-state index in [-0.39, 0.29) is 37.2 Å². The molecule has 170 valence electrons. The van der Waals surface area contributed by atoms with E-state index in [1.165, 1.54) is 17.0 Å². The van der Waals surface area contributed by atoms with Gasteiger partial charge in [-0.25, -0.2) is 8.78 Å². The molecule has 1 fully saturated rings. The zero-order chi connectivity index (χ0) is 22.8. The maximum Gasteiger partial charge on any atom is 0.416 e. The van der Waals surface area contributed by atoms with Crippen LogP contribution in [0.1, 0.15) is 35.8 Å². The number of piperidine rings is 1. The number of rotatable bonds is 6. The van der Waals surface area contributed by atoms with Crippen LogP contribution in [0, 0.1) is 5.82 Å². The molecule has 0 aliphatic carbocycles. The summed E-state index contributed by atoms with van der Waals surface area (Å²) in [4.78, 5) is 5.27. The van der Waals surface area contributed by atoms with Gasteiger partial charge in [-0.05, 0) is 30.3 Å². The molecule has 11 heteroatoms. The Morgan fingerprint density at radius 3 is 2.26 bits per heavy atom. The Balaban J connectivity index is 1.62. The van der Waals surface area contributed by atoms with Crippen LogP contribution >= 0.6 is 0 Å². The summed E-state index contributed by atoms with van der Waals surface area (Å²) >= 11 is 0. The number of aliphatic hydroxyl groups excluding tert-OH is 3. The highest BCUT2D eigenvalue weighted by Gasteiger charge is 2.41. The molecule has 2 atom stereocenters. The van der Waals surface area contributed by atoms with E-state index in [1.807, 2.05) is 0 Å². The molecule has 31 heavy (non-hydrogen) atoms. The minimum Gasteiger partial charge on any atom is -0.393 e. The van der Waals surface area contributed by atoms with Crippen molar-refractivity contribution in [2.45, 2.75) is 37.1 Å². The van der Waals surface area contributed by atoms with Crippen LogP contribution in [0.15, 0.2) is 36.5 Å². The highest BCUT2D eigenvalue weighted by Crippen LogP contribution is 2.38. The summed E-state index contributed by atoms with van der Waals surface area (Å²) in [5.41, 5.74) is -3.03. The number of benzene rings is 1. The molecule has 0 radical (unpaired) electrons. The first-order chi connectivity index (χ1) is 14.5. The van der Waals surface area contributed by atoms with Crippen LogP contribution in [-0.2, 0) is 11.8 Å². The van der Waals surface area contributed by atoms with Crippen LogP contribution < -0.4 is 5.32 Å². The number of nitrogens with zero attached hydrogens (tertiary/aromatic N) is 2. The average Bonchev–Trinajstić information content (AvgIpc) is 2.73. The summed E-state index contributed by atoms with van der Waals surface area (Å²) < 4.78 is 67.6. The van der Waals surface area contributed by atoms with Gasteiger partial charge in [0, 0.05) is 43.4 Å². The number of halogens is 5. The molecule has 1 aromatic heterocycles. The zero-order valence-electron chi connectivity index (χ0n) is 16.3. The average molecular weight is 447 g/mol. The Labute approximate surface area is 175 Å². The van der Waals surface area contributed by atoms with Gasteiger partial charge in [0.2, 0.25) is 0 Å². The second-order valence-corrected chi connectivity index (χ2v) is 7.39. The summed E-state index contributed by atoms with van der Waals surface area (Å²) in [6.45, 7) is -0.555. The van der Waals surface area contributed by atoms with Gasteiger partial charge >= 0.3 is 6.18 Å². The first-order valence-corrected chi connectivity index (χ1v) is 9.53. The number of likely N-dealkylation sites (tertiary alicyclic amines) is 1. The van der Waals surface area contributed by atoms with Crippen molar-refractivity contribution in [3.05, 3.63) is 59.2 Å². The van der Waals surface area contributed by atoms with Crippen molar-refractivity contribution in [3.8, 4) is 0 Å². The monoisotopic (exact) mass is 447 g/mol. The van der Waals surface area contributed by atoms with Crippen molar-refractivity contribution in [1.82, 2.24) is 9.88 Å². The third-order valence-electron chi connectivity index (χ3n) is 5.29. The van der Waals surface area contributed by atoms with Gasteiger partial charge in [-0.1, -0.05) is 0 Å². The smallest absolute Gasteiger partial charge is 0.393 e. The third-order valence-corrected chi connectivity index (χ3v) is 5.29. The molecule has 0 bridgehead atoms. The van der Waals surface area contributed by atoms with Gasteiger partial charge in [0.1, 0.15) is 17.6 Å². The molecule has 1 aromatic carbocycles. The van der Waals surface area contributed by atoms with Crippen LogP contribution in [0.3, 0.4) is 0 Å². The lowest BCUT2D eigenvalue weighted by atomic mass is 9.89. The molecule has 1 saturated heterocycles. The van der Waals surface area contributed by atoms with Crippen LogP contribution in [0.25, 0.3) is 0 Å². The molecule has 1 aliphatic heterocycles. The fourth-order valence-electron chi connectivity index (χ4n) is 3.43. The number of pyridine rings is 1. The van der Waals surface area contributed by atoms with E-state index >= 15 is 4.39 Å². The zero-order valence-corrected chi connectivity index (χ0v) is 16.3. The highest BCUT2D eigenvalue weighted by atomic mass is 19.4. The normalized spacial score (nSPS) is 19.1. The molecule has 2 heterocycles. The molecule has 0 amide bonds. The standard InChI is InChI=1S/C20H22F5N3O3/c21-15-9-12(16(30)11-29)10-26-17(15)19(22)5-7-28(8-6-19)18(31)27-14-3-1-13(2-4-14)20(23,24)25/h1-4,9-10,16,18,27,29-31H,5-8,11H2/t16-,18-/m1/s1. The van der Waals surface area contributed by atoms with E-state index < -0.39 is 48.0 Å². The van der Waals surface area contributed by atoms with E-state index in [2.05, 4.69) is 10.3 Å². The predicted octanol–water partition coefficient (Wildman–Crippen LogP) is 2.91. The predicted molar refractivity (Wildman–Crippen MR) is 101 cm³/mol. The number of aromatic nitrogens is 1. The van der Waals surface area contributed by atoms with Crippen LogP contribution in [0.2, 0.25) is 0 Å². The Morgan fingerprint density at radius 2 is 1.74 bits per heavy atom. The van der Waals surface area contributed by atoms with Gasteiger partial charge in [0.05, 0.1) is 12.2 Å². The van der Waals surface area contributed by atoms with Crippen molar-refractivity contribution >= 4 is 5.69 Å². The number of anilines is 1. The largest absolute Gasteiger partial charge is 0.416 e. The van der Waals surface area contributed by atoms with Crippen molar-refractivity contribution in [3.63, 3.8) is 0 Å². The molecular formula is C20H22F5N3O3. The molecule has 0 spiro atoms. The molecular weight excluding hydrogens is 425 g/mol. The summed E-state index contributed by atoms with van der Waals surface area (Å²) in [5, 5.41) is 31.4.